The van der Waals surface area contributed by atoms with E-state index in [0.717, 1.165) is 0 Å². The van der Waals surface area contributed by atoms with Gasteiger partial charge in [-0.25, -0.2) is 0 Å². The van der Waals surface area contributed by atoms with Crippen molar-refractivity contribution in [1.29, 1.82) is 0 Å². The lowest BCUT2D eigenvalue weighted by Gasteiger charge is -2.20. The number of ketones is 1. The fourth-order valence-corrected chi connectivity index (χ4v) is 3.05. The average Bonchev–Trinajstić information content (AvgIpc) is 2.82. The van der Waals surface area contributed by atoms with Crippen LogP contribution in [0, 0.1) is 5.92 Å². The lowest BCUT2D eigenvalue weighted by Crippen LogP contribution is -2.36. The predicted octanol–water partition coefficient (Wildman–Crippen LogP) is 2.05. The number of aliphatic hydroxyl groups excluding tert-OH is 1. The molecule has 1 amide bonds. The Balaban J connectivity index is 2.67. The summed E-state index contributed by atoms with van der Waals surface area (Å²) in [4.78, 5) is 26.5. The Labute approximate surface area is 146 Å². The summed E-state index contributed by atoms with van der Waals surface area (Å²) in [5, 5.41) is 10.7. The zero-order valence-corrected chi connectivity index (χ0v) is 15.2. The van der Waals surface area contributed by atoms with Crippen molar-refractivity contribution in [2.24, 2.45) is 5.92 Å². The number of likely N-dealkylation sites (N-methyl/N-ethyl adjacent to an activating group) is 1. The van der Waals surface area contributed by atoms with E-state index in [1.165, 1.54) is 38.4 Å². The van der Waals surface area contributed by atoms with Crippen LogP contribution in [0.3, 0.4) is 0 Å². The minimum Gasteiger partial charge on any atom is -0.506 e. The second kappa shape index (κ2) is 7.04. The van der Waals surface area contributed by atoms with Crippen LogP contribution in [-0.4, -0.2) is 56.1 Å². The number of methoxy groups -OCH3 is 3. The fraction of sp³-hybridized carbons (Fsp3) is 0.444. The summed E-state index contributed by atoms with van der Waals surface area (Å²) in [5.74, 6) is -0.408. The lowest BCUT2D eigenvalue weighted by atomic mass is 9.97. The van der Waals surface area contributed by atoms with E-state index >= 15 is 0 Å². The van der Waals surface area contributed by atoms with Gasteiger partial charge in [-0.3, -0.25) is 9.59 Å². The van der Waals surface area contributed by atoms with E-state index in [1.807, 2.05) is 13.8 Å². The minimum atomic E-state index is -0.601. The second-order valence-corrected chi connectivity index (χ2v) is 6.10. The first-order valence-electron chi connectivity index (χ1n) is 7.83. The monoisotopic (exact) mass is 349 g/mol. The van der Waals surface area contributed by atoms with Crippen molar-refractivity contribution >= 4 is 17.4 Å². The van der Waals surface area contributed by atoms with Gasteiger partial charge >= 0.3 is 0 Å². The third-order valence-corrected chi connectivity index (χ3v) is 4.30. The summed E-state index contributed by atoms with van der Waals surface area (Å²) in [7, 11) is 5.90. The largest absolute Gasteiger partial charge is 0.506 e. The van der Waals surface area contributed by atoms with Gasteiger partial charge in [0.05, 0.1) is 32.9 Å². The van der Waals surface area contributed by atoms with E-state index in [0.29, 0.717) is 11.5 Å². The van der Waals surface area contributed by atoms with Gasteiger partial charge in [0.1, 0.15) is 17.1 Å². The topological polar surface area (TPSA) is 85.3 Å². The van der Waals surface area contributed by atoms with E-state index in [-0.39, 0.29) is 22.8 Å². The fourth-order valence-electron chi connectivity index (χ4n) is 3.05. The highest BCUT2D eigenvalue weighted by molar-refractivity contribution is 6.30. The number of hydrogen-bond acceptors (Lipinski definition) is 6. The molecule has 1 unspecified atom stereocenters. The zero-order chi connectivity index (χ0) is 18.9. The molecular weight excluding hydrogens is 326 g/mol. The number of Topliss-reactive ketones (excluding diaryl/α,β-unsaturated/α-hetero) is 1. The van der Waals surface area contributed by atoms with Gasteiger partial charge in [-0.05, 0) is 12.0 Å². The Kier molecular flexibility index (Phi) is 5.25. The molecule has 25 heavy (non-hydrogen) atoms. The van der Waals surface area contributed by atoms with Crippen molar-refractivity contribution in [2.75, 3.05) is 28.4 Å². The normalized spacial score (nSPS) is 19.5. The first-order valence-corrected chi connectivity index (χ1v) is 7.83. The number of rotatable bonds is 5. The van der Waals surface area contributed by atoms with Crippen LogP contribution in [0.5, 0.6) is 17.2 Å². The Morgan fingerprint density at radius 2 is 1.56 bits per heavy atom. The van der Waals surface area contributed by atoms with Crippen LogP contribution >= 0.6 is 0 Å². The maximum atomic E-state index is 12.7. The molecule has 0 aliphatic carbocycles. The first kappa shape index (κ1) is 18.6. The number of amides is 1. The van der Waals surface area contributed by atoms with Gasteiger partial charge in [0.15, 0.2) is 17.3 Å². The van der Waals surface area contributed by atoms with Gasteiger partial charge in [-0.2, -0.15) is 0 Å². The third kappa shape index (κ3) is 3.01. The molecule has 1 heterocycles. The van der Waals surface area contributed by atoms with Gasteiger partial charge in [0.2, 0.25) is 0 Å². The maximum Gasteiger partial charge on any atom is 0.261 e. The Morgan fingerprint density at radius 3 is 2.00 bits per heavy atom. The smallest absolute Gasteiger partial charge is 0.261 e. The molecule has 1 aromatic rings. The van der Waals surface area contributed by atoms with E-state index in [2.05, 4.69) is 0 Å². The quantitative estimate of drug-likeness (QED) is 0.497. The number of carbonyl (C=O) groups excluding carboxylic acids is 2. The third-order valence-electron chi connectivity index (χ3n) is 4.30. The van der Waals surface area contributed by atoms with Gasteiger partial charge < -0.3 is 24.2 Å². The molecule has 1 aliphatic heterocycles. The molecule has 0 bridgehead atoms. The molecule has 0 radical (unpaired) electrons. The SMILES string of the molecule is COc1cc(OC)c(/C(O)=C2\C(=O)C(C(C)C)N(C)C2=O)cc1OC. The minimum absolute atomic E-state index is 0.0703. The van der Waals surface area contributed by atoms with Gasteiger partial charge in [0, 0.05) is 13.1 Å². The molecule has 136 valence electrons. The van der Waals surface area contributed by atoms with Gasteiger partial charge in [0.25, 0.3) is 5.91 Å². The Morgan fingerprint density at radius 1 is 1.04 bits per heavy atom. The number of nitrogens with zero attached hydrogens (tertiary/aromatic N) is 1. The number of hydrogen-bond donors (Lipinski definition) is 1. The molecule has 1 N–H and O–H groups in total. The van der Waals surface area contributed by atoms with Crippen molar-refractivity contribution in [3.8, 4) is 17.2 Å². The lowest BCUT2D eigenvalue weighted by molar-refractivity contribution is -0.126. The van der Waals surface area contributed by atoms with Crippen LogP contribution in [0.2, 0.25) is 0 Å². The van der Waals surface area contributed by atoms with Crippen molar-refractivity contribution in [1.82, 2.24) is 4.90 Å². The van der Waals surface area contributed by atoms with Crippen LogP contribution < -0.4 is 14.2 Å². The number of aliphatic hydroxyl groups is 1. The van der Waals surface area contributed by atoms with Crippen molar-refractivity contribution in [3.63, 3.8) is 0 Å². The predicted molar refractivity (Wildman–Crippen MR) is 92.0 cm³/mol. The molecule has 1 aliphatic rings. The summed E-state index contributed by atoms with van der Waals surface area (Å²) in [6.45, 7) is 3.70. The summed E-state index contributed by atoms with van der Waals surface area (Å²) >= 11 is 0. The molecule has 7 heteroatoms. The summed E-state index contributed by atoms with van der Waals surface area (Å²) < 4.78 is 15.7. The van der Waals surface area contributed by atoms with Crippen LogP contribution in [-0.2, 0) is 9.59 Å². The molecule has 1 aromatic carbocycles. The van der Waals surface area contributed by atoms with Crippen LogP contribution in [0.25, 0.3) is 5.76 Å². The Hall–Kier alpha value is -2.70. The Bertz CT molecular complexity index is 737. The van der Waals surface area contributed by atoms with Gasteiger partial charge in [-0.1, -0.05) is 13.8 Å². The highest BCUT2D eigenvalue weighted by Crippen LogP contribution is 2.39. The number of likely N-dealkylation sites (tertiary alicyclic amines) is 1. The molecule has 1 saturated heterocycles. The highest BCUT2D eigenvalue weighted by atomic mass is 16.5. The van der Waals surface area contributed by atoms with Crippen LogP contribution in [0.15, 0.2) is 17.7 Å². The summed E-state index contributed by atoms with van der Waals surface area (Å²) in [6.07, 6.45) is 0. The second-order valence-electron chi connectivity index (χ2n) is 6.10. The number of benzene rings is 1. The van der Waals surface area contributed by atoms with Crippen LogP contribution in [0.4, 0.5) is 0 Å². The summed E-state index contributed by atoms with van der Waals surface area (Å²) in [5.41, 5.74) is -0.0543. The average molecular weight is 349 g/mol. The summed E-state index contributed by atoms with van der Waals surface area (Å²) in [6, 6.07) is 2.40. The molecule has 7 nitrogen and oxygen atoms in total. The van der Waals surface area contributed by atoms with Crippen molar-refractivity contribution in [3.05, 3.63) is 23.3 Å². The number of ether oxygens (including phenoxy) is 3. The molecule has 0 aromatic heterocycles. The van der Waals surface area contributed by atoms with E-state index in [4.69, 9.17) is 14.2 Å². The molecule has 0 spiro atoms. The van der Waals surface area contributed by atoms with E-state index in [9.17, 15) is 14.7 Å². The zero-order valence-electron chi connectivity index (χ0n) is 15.2. The maximum absolute atomic E-state index is 12.7. The van der Waals surface area contributed by atoms with E-state index < -0.39 is 23.5 Å². The van der Waals surface area contributed by atoms with E-state index in [1.54, 1.807) is 7.05 Å². The number of carbonyl (C=O) groups is 2. The standard InChI is InChI=1S/C18H23NO6/c1-9(2)15-17(21)14(18(22)19(15)3)16(20)10-7-12(24-5)13(25-6)8-11(10)23-4/h7-9,15,20H,1-6H3/b16-14-. The molecule has 2 rings (SSSR count). The molecule has 1 atom stereocenters. The van der Waals surface area contributed by atoms with Gasteiger partial charge in [-0.15, -0.1) is 0 Å². The molecule has 1 fully saturated rings. The van der Waals surface area contributed by atoms with Crippen molar-refractivity contribution in [2.45, 2.75) is 19.9 Å². The van der Waals surface area contributed by atoms with Crippen LogP contribution in [0.1, 0.15) is 19.4 Å². The first-order chi connectivity index (χ1) is 11.8. The molecule has 0 saturated carbocycles. The highest BCUT2D eigenvalue weighted by Gasteiger charge is 2.45. The van der Waals surface area contributed by atoms with Crippen molar-refractivity contribution < 1.29 is 28.9 Å². The molecular formula is C18H23NO6.